The number of nitrogens with zero attached hydrogens (tertiary/aromatic N) is 3. The molecule has 0 aliphatic carbocycles. The number of rotatable bonds is 4. The van der Waals surface area contributed by atoms with Crippen molar-refractivity contribution in [2.24, 2.45) is 0 Å². The number of ether oxygens (including phenoxy) is 1. The van der Waals surface area contributed by atoms with Crippen molar-refractivity contribution in [3.63, 3.8) is 0 Å². The molecular weight excluding hydrogens is 242 g/mol. The maximum atomic E-state index is 11.1. The second-order valence-corrected chi connectivity index (χ2v) is 4.10. The van der Waals surface area contributed by atoms with Crippen molar-refractivity contribution in [2.45, 2.75) is 19.8 Å². The number of pyridine rings is 1. The van der Waals surface area contributed by atoms with Crippen LogP contribution in [-0.2, 0) is 16.0 Å². The molecule has 0 aliphatic heterocycles. The number of carbonyl (C=O) groups is 1. The Labute approximate surface area is 111 Å². The molecule has 2 heterocycles. The van der Waals surface area contributed by atoms with Crippen LogP contribution in [0.15, 0.2) is 30.5 Å². The average molecular weight is 257 g/mol. The van der Waals surface area contributed by atoms with Gasteiger partial charge in [0.15, 0.2) is 0 Å². The Morgan fingerprint density at radius 2 is 2.11 bits per heavy atom. The summed E-state index contributed by atoms with van der Waals surface area (Å²) in [4.78, 5) is 24.1. The lowest BCUT2D eigenvalue weighted by molar-refractivity contribution is -0.140. The van der Waals surface area contributed by atoms with Gasteiger partial charge in [-0.1, -0.05) is 6.07 Å². The van der Waals surface area contributed by atoms with E-state index in [1.807, 2.05) is 31.2 Å². The van der Waals surface area contributed by atoms with Crippen LogP contribution in [0.2, 0.25) is 0 Å². The van der Waals surface area contributed by atoms with E-state index in [4.69, 9.17) is 0 Å². The van der Waals surface area contributed by atoms with E-state index in [0.29, 0.717) is 12.2 Å². The van der Waals surface area contributed by atoms with Crippen LogP contribution in [0.5, 0.6) is 0 Å². The van der Waals surface area contributed by atoms with Gasteiger partial charge in [0.2, 0.25) is 0 Å². The Kier molecular flexibility index (Phi) is 4.18. The summed E-state index contributed by atoms with van der Waals surface area (Å²) in [5.74, 6) is 0.371. The molecule has 2 aromatic heterocycles. The molecule has 5 nitrogen and oxygen atoms in total. The van der Waals surface area contributed by atoms with E-state index >= 15 is 0 Å². The smallest absolute Gasteiger partial charge is 0.305 e. The average Bonchev–Trinajstić information content (AvgIpc) is 2.45. The fourth-order valence-corrected chi connectivity index (χ4v) is 1.70. The number of hydrogen-bond donors (Lipinski definition) is 0. The molecule has 2 aromatic rings. The normalized spacial score (nSPS) is 10.2. The fraction of sp³-hybridized carbons (Fsp3) is 0.286. The minimum absolute atomic E-state index is 0.260. The van der Waals surface area contributed by atoms with Gasteiger partial charge in [-0.15, -0.1) is 0 Å². The third-order valence-electron chi connectivity index (χ3n) is 2.61. The van der Waals surface area contributed by atoms with Gasteiger partial charge in [0, 0.05) is 18.3 Å². The maximum Gasteiger partial charge on any atom is 0.305 e. The summed E-state index contributed by atoms with van der Waals surface area (Å²) in [6.45, 7) is 1.90. The number of methoxy groups -OCH3 is 1. The van der Waals surface area contributed by atoms with Gasteiger partial charge < -0.3 is 4.74 Å². The van der Waals surface area contributed by atoms with Gasteiger partial charge in [-0.3, -0.25) is 9.78 Å². The molecular formula is C14H15N3O2. The summed E-state index contributed by atoms with van der Waals surface area (Å²) in [6, 6.07) is 7.54. The van der Waals surface area contributed by atoms with Crippen molar-refractivity contribution < 1.29 is 9.53 Å². The first-order chi connectivity index (χ1) is 9.19. The highest BCUT2D eigenvalue weighted by Gasteiger charge is 2.08. The highest BCUT2D eigenvalue weighted by molar-refractivity contribution is 5.69. The zero-order valence-electron chi connectivity index (χ0n) is 11.0. The Morgan fingerprint density at radius 1 is 1.26 bits per heavy atom. The van der Waals surface area contributed by atoms with Gasteiger partial charge in [0.05, 0.1) is 24.9 Å². The molecule has 2 rings (SSSR count). The largest absolute Gasteiger partial charge is 0.469 e. The molecule has 0 saturated heterocycles. The molecule has 5 heteroatoms. The number of esters is 1. The Bertz CT molecular complexity index is 570. The van der Waals surface area contributed by atoms with Crippen LogP contribution in [-0.4, -0.2) is 28.0 Å². The minimum atomic E-state index is -0.260. The van der Waals surface area contributed by atoms with E-state index in [9.17, 15) is 4.79 Å². The summed E-state index contributed by atoms with van der Waals surface area (Å²) >= 11 is 0. The van der Waals surface area contributed by atoms with E-state index in [2.05, 4.69) is 19.7 Å². The van der Waals surface area contributed by atoms with Gasteiger partial charge in [-0.2, -0.15) is 0 Å². The summed E-state index contributed by atoms with van der Waals surface area (Å²) < 4.78 is 4.61. The van der Waals surface area contributed by atoms with Crippen LogP contribution >= 0.6 is 0 Å². The number of aryl methyl sites for hydroxylation is 2. The van der Waals surface area contributed by atoms with Gasteiger partial charge in [0.1, 0.15) is 5.82 Å². The van der Waals surface area contributed by atoms with Crippen molar-refractivity contribution >= 4 is 5.97 Å². The van der Waals surface area contributed by atoms with Crippen molar-refractivity contribution in [2.75, 3.05) is 7.11 Å². The molecule has 19 heavy (non-hydrogen) atoms. The summed E-state index contributed by atoms with van der Waals surface area (Å²) in [7, 11) is 1.37. The first-order valence-electron chi connectivity index (χ1n) is 6.02. The molecule has 0 radical (unpaired) electrons. The lowest BCUT2D eigenvalue weighted by Crippen LogP contribution is -2.06. The van der Waals surface area contributed by atoms with E-state index < -0.39 is 0 Å². The van der Waals surface area contributed by atoms with Crippen LogP contribution in [0.3, 0.4) is 0 Å². The molecule has 0 amide bonds. The van der Waals surface area contributed by atoms with Gasteiger partial charge in [-0.25, -0.2) is 9.97 Å². The second-order valence-electron chi connectivity index (χ2n) is 4.10. The zero-order chi connectivity index (χ0) is 13.7. The van der Waals surface area contributed by atoms with Crippen LogP contribution in [0, 0.1) is 6.92 Å². The van der Waals surface area contributed by atoms with Gasteiger partial charge in [0.25, 0.3) is 0 Å². The predicted octanol–water partition coefficient (Wildman–Crippen LogP) is 1.95. The lowest BCUT2D eigenvalue weighted by atomic mass is 10.2. The summed E-state index contributed by atoms with van der Waals surface area (Å²) in [6.07, 6.45) is 2.47. The molecule has 0 bridgehead atoms. The van der Waals surface area contributed by atoms with Gasteiger partial charge in [-0.05, 0) is 25.1 Å². The van der Waals surface area contributed by atoms with E-state index in [1.165, 1.54) is 7.11 Å². The molecule has 0 aliphatic rings. The lowest BCUT2D eigenvalue weighted by Gasteiger charge is -2.05. The standard InChI is InChI=1S/C14H15N3O2/c1-10-9-12(11-5-3-4-8-15-11)17-13(16-10)6-7-14(18)19-2/h3-5,8-9H,6-7H2,1-2H3. The quantitative estimate of drug-likeness (QED) is 0.783. The molecule has 0 unspecified atom stereocenters. The van der Waals surface area contributed by atoms with E-state index in [-0.39, 0.29) is 12.4 Å². The molecule has 0 saturated carbocycles. The number of carbonyl (C=O) groups excluding carboxylic acids is 1. The third-order valence-corrected chi connectivity index (χ3v) is 2.61. The van der Waals surface area contributed by atoms with Crippen LogP contribution in [0.25, 0.3) is 11.4 Å². The molecule has 0 aromatic carbocycles. The van der Waals surface area contributed by atoms with Crippen molar-refractivity contribution in [3.8, 4) is 11.4 Å². The SMILES string of the molecule is COC(=O)CCc1nc(C)cc(-c2ccccn2)n1. The molecule has 98 valence electrons. The summed E-state index contributed by atoms with van der Waals surface area (Å²) in [5.41, 5.74) is 2.43. The molecule has 0 fully saturated rings. The Morgan fingerprint density at radius 3 is 2.79 bits per heavy atom. The number of aromatic nitrogens is 3. The van der Waals surface area contributed by atoms with E-state index in [1.54, 1.807) is 6.20 Å². The maximum absolute atomic E-state index is 11.1. The van der Waals surface area contributed by atoms with Crippen molar-refractivity contribution in [1.82, 2.24) is 15.0 Å². The molecule has 0 N–H and O–H groups in total. The van der Waals surface area contributed by atoms with Crippen molar-refractivity contribution in [3.05, 3.63) is 42.0 Å². The Balaban J connectivity index is 2.22. The highest BCUT2D eigenvalue weighted by atomic mass is 16.5. The minimum Gasteiger partial charge on any atom is -0.469 e. The molecule has 0 spiro atoms. The topological polar surface area (TPSA) is 65.0 Å². The molecule has 0 atom stereocenters. The van der Waals surface area contributed by atoms with Crippen LogP contribution in [0.4, 0.5) is 0 Å². The third kappa shape index (κ3) is 3.58. The van der Waals surface area contributed by atoms with Crippen molar-refractivity contribution in [1.29, 1.82) is 0 Å². The van der Waals surface area contributed by atoms with Crippen LogP contribution < -0.4 is 0 Å². The van der Waals surface area contributed by atoms with Gasteiger partial charge >= 0.3 is 5.97 Å². The van der Waals surface area contributed by atoms with Crippen LogP contribution in [0.1, 0.15) is 17.9 Å². The predicted molar refractivity (Wildman–Crippen MR) is 70.3 cm³/mol. The first kappa shape index (κ1) is 13.1. The Hall–Kier alpha value is -2.30. The van der Waals surface area contributed by atoms with E-state index in [0.717, 1.165) is 17.1 Å². The monoisotopic (exact) mass is 257 g/mol. The second kappa shape index (κ2) is 6.04. The fourth-order valence-electron chi connectivity index (χ4n) is 1.70. The summed E-state index contributed by atoms with van der Waals surface area (Å²) in [5, 5.41) is 0. The first-order valence-corrected chi connectivity index (χ1v) is 6.02. The highest BCUT2D eigenvalue weighted by Crippen LogP contribution is 2.15. The number of hydrogen-bond acceptors (Lipinski definition) is 5. The zero-order valence-corrected chi connectivity index (χ0v) is 11.0.